The Morgan fingerprint density at radius 3 is 2.57 bits per heavy atom. The van der Waals surface area contributed by atoms with E-state index < -0.39 is 24.1 Å². The van der Waals surface area contributed by atoms with E-state index in [0.717, 1.165) is 0 Å². The number of urea groups is 1. The van der Waals surface area contributed by atoms with Crippen LogP contribution in [0.5, 0.6) is 0 Å². The van der Waals surface area contributed by atoms with Gasteiger partial charge in [-0.1, -0.05) is 6.42 Å². The van der Waals surface area contributed by atoms with Crippen molar-refractivity contribution < 1.29 is 27.9 Å². The van der Waals surface area contributed by atoms with Crippen molar-refractivity contribution in [2.24, 2.45) is 11.8 Å². The molecule has 2 atom stereocenters. The van der Waals surface area contributed by atoms with Gasteiger partial charge in [0.15, 0.2) is 0 Å². The quantitative estimate of drug-likeness (QED) is 0.819. The number of carbonyl (C=O) groups excluding carboxylic acids is 1. The zero-order valence-electron chi connectivity index (χ0n) is 11.9. The predicted octanol–water partition coefficient (Wildman–Crippen LogP) is 2.47. The second-order valence-electron chi connectivity index (χ2n) is 5.52. The standard InChI is InChI=1S/C13H21F3N2O3/c1-18(6-5-11(19)20)12(21)17-8-9-3-2-4-10(7-9)13(14,15)16/h9-10H,2-8H2,1H3,(H,17,21)(H,19,20). The lowest BCUT2D eigenvalue weighted by atomic mass is 9.81. The van der Waals surface area contributed by atoms with Crippen LogP contribution in [0.2, 0.25) is 0 Å². The van der Waals surface area contributed by atoms with Gasteiger partial charge >= 0.3 is 18.2 Å². The van der Waals surface area contributed by atoms with Crippen molar-refractivity contribution in [2.45, 2.75) is 38.3 Å². The van der Waals surface area contributed by atoms with Gasteiger partial charge in [-0.05, 0) is 25.2 Å². The molecule has 2 amide bonds. The summed E-state index contributed by atoms with van der Waals surface area (Å²) >= 11 is 0. The summed E-state index contributed by atoms with van der Waals surface area (Å²) in [5, 5.41) is 11.1. The molecular weight excluding hydrogens is 289 g/mol. The van der Waals surface area contributed by atoms with E-state index in [9.17, 15) is 22.8 Å². The lowest BCUT2D eigenvalue weighted by Crippen LogP contribution is -2.42. The fourth-order valence-corrected chi connectivity index (χ4v) is 2.51. The topological polar surface area (TPSA) is 69.6 Å². The number of carboxylic acid groups (broad SMARTS) is 1. The maximum Gasteiger partial charge on any atom is 0.391 e. The van der Waals surface area contributed by atoms with Crippen molar-refractivity contribution in [3.05, 3.63) is 0 Å². The van der Waals surface area contributed by atoms with Gasteiger partial charge in [0, 0.05) is 20.1 Å². The SMILES string of the molecule is CN(CCC(=O)O)C(=O)NCC1CCCC(C(F)(F)F)C1. The third-order valence-corrected chi connectivity index (χ3v) is 3.80. The van der Waals surface area contributed by atoms with E-state index in [2.05, 4.69) is 5.32 Å². The Balaban J connectivity index is 2.34. The van der Waals surface area contributed by atoms with E-state index in [1.807, 2.05) is 0 Å². The van der Waals surface area contributed by atoms with Gasteiger partial charge in [0.2, 0.25) is 0 Å². The first-order chi connectivity index (χ1) is 9.70. The Kier molecular flexibility index (Phi) is 6.29. The molecule has 1 rings (SSSR count). The van der Waals surface area contributed by atoms with Crippen LogP contribution in [0.4, 0.5) is 18.0 Å². The molecule has 1 saturated carbocycles. The van der Waals surface area contributed by atoms with Gasteiger partial charge < -0.3 is 15.3 Å². The van der Waals surface area contributed by atoms with E-state index in [-0.39, 0.29) is 38.3 Å². The van der Waals surface area contributed by atoms with Gasteiger partial charge in [-0.2, -0.15) is 13.2 Å². The summed E-state index contributed by atoms with van der Waals surface area (Å²) in [5.74, 6) is -2.46. The molecule has 0 aliphatic heterocycles. The molecule has 1 fully saturated rings. The van der Waals surface area contributed by atoms with E-state index in [1.165, 1.54) is 11.9 Å². The minimum absolute atomic E-state index is 0.0443. The third kappa shape index (κ3) is 6.22. The summed E-state index contributed by atoms with van der Waals surface area (Å²) in [5.41, 5.74) is 0. The molecule has 0 heterocycles. The molecule has 21 heavy (non-hydrogen) atoms. The van der Waals surface area contributed by atoms with Crippen LogP contribution in [0.3, 0.4) is 0 Å². The maximum atomic E-state index is 12.7. The molecule has 0 aromatic rings. The number of halogens is 3. The fourth-order valence-electron chi connectivity index (χ4n) is 2.51. The highest BCUT2D eigenvalue weighted by Crippen LogP contribution is 2.39. The van der Waals surface area contributed by atoms with Crippen LogP contribution in [-0.4, -0.2) is 48.3 Å². The largest absolute Gasteiger partial charge is 0.481 e. The molecule has 0 spiro atoms. The molecule has 1 aliphatic rings. The fraction of sp³-hybridized carbons (Fsp3) is 0.846. The zero-order chi connectivity index (χ0) is 16.0. The van der Waals surface area contributed by atoms with Crippen molar-refractivity contribution in [1.82, 2.24) is 10.2 Å². The van der Waals surface area contributed by atoms with Crippen LogP contribution in [0.15, 0.2) is 0 Å². The summed E-state index contributed by atoms with van der Waals surface area (Å²) in [4.78, 5) is 23.3. The molecule has 2 unspecified atom stereocenters. The molecule has 5 nitrogen and oxygen atoms in total. The van der Waals surface area contributed by atoms with Crippen LogP contribution in [-0.2, 0) is 4.79 Å². The first kappa shape index (κ1) is 17.6. The minimum Gasteiger partial charge on any atom is -0.481 e. The first-order valence-corrected chi connectivity index (χ1v) is 6.97. The average molecular weight is 310 g/mol. The van der Waals surface area contributed by atoms with Gasteiger partial charge in [0.05, 0.1) is 12.3 Å². The third-order valence-electron chi connectivity index (χ3n) is 3.80. The molecule has 8 heteroatoms. The van der Waals surface area contributed by atoms with Gasteiger partial charge in [-0.3, -0.25) is 4.79 Å². The first-order valence-electron chi connectivity index (χ1n) is 6.97. The number of amides is 2. The van der Waals surface area contributed by atoms with E-state index in [4.69, 9.17) is 5.11 Å². The number of hydrogen-bond donors (Lipinski definition) is 2. The monoisotopic (exact) mass is 310 g/mol. The van der Waals surface area contributed by atoms with Crippen LogP contribution in [0.1, 0.15) is 32.1 Å². The van der Waals surface area contributed by atoms with Crippen LogP contribution in [0, 0.1) is 11.8 Å². The lowest BCUT2D eigenvalue weighted by molar-refractivity contribution is -0.185. The van der Waals surface area contributed by atoms with Crippen LogP contribution in [0.25, 0.3) is 0 Å². The Hall–Kier alpha value is -1.47. The normalized spacial score (nSPS) is 22.7. The van der Waals surface area contributed by atoms with Crippen molar-refractivity contribution in [2.75, 3.05) is 20.1 Å². The average Bonchev–Trinajstić information content (AvgIpc) is 2.41. The lowest BCUT2D eigenvalue weighted by Gasteiger charge is -2.31. The van der Waals surface area contributed by atoms with E-state index >= 15 is 0 Å². The summed E-state index contributed by atoms with van der Waals surface area (Å²) in [6, 6.07) is -0.453. The highest BCUT2D eigenvalue weighted by Gasteiger charge is 2.42. The molecular formula is C13H21F3N2O3. The van der Waals surface area contributed by atoms with Crippen molar-refractivity contribution in [3.8, 4) is 0 Å². The number of carbonyl (C=O) groups is 2. The summed E-state index contributed by atoms with van der Waals surface area (Å²) in [6.07, 6.45) is -2.94. The number of nitrogens with one attached hydrogen (secondary N) is 1. The van der Waals surface area contributed by atoms with Crippen LogP contribution < -0.4 is 5.32 Å². The number of aliphatic carboxylic acids is 1. The van der Waals surface area contributed by atoms with Gasteiger partial charge in [0.1, 0.15) is 0 Å². The number of alkyl halides is 3. The van der Waals surface area contributed by atoms with Gasteiger partial charge in [-0.25, -0.2) is 4.79 Å². The second-order valence-corrected chi connectivity index (χ2v) is 5.52. The molecule has 0 aromatic heterocycles. The number of rotatable bonds is 5. The molecule has 0 saturated heterocycles. The molecule has 0 radical (unpaired) electrons. The van der Waals surface area contributed by atoms with Crippen molar-refractivity contribution in [1.29, 1.82) is 0 Å². The van der Waals surface area contributed by atoms with Gasteiger partial charge in [0.25, 0.3) is 0 Å². The molecule has 2 N–H and O–H groups in total. The molecule has 0 bridgehead atoms. The Morgan fingerprint density at radius 1 is 1.33 bits per heavy atom. The summed E-state index contributed by atoms with van der Waals surface area (Å²) in [7, 11) is 1.46. The van der Waals surface area contributed by atoms with Crippen molar-refractivity contribution >= 4 is 12.0 Å². The van der Waals surface area contributed by atoms with E-state index in [1.54, 1.807) is 0 Å². The van der Waals surface area contributed by atoms with Gasteiger partial charge in [-0.15, -0.1) is 0 Å². The Morgan fingerprint density at radius 2 is 2.00 bits per heavy atom. The Labute approximate surface area is 121 Å². The minimum atomic E-state index is -4.17. The summed E-state index contributed by atoms with van der Waals surface area (Å²) in [6.45, 7) is 0.264. The predicted molar refractivity (Wildman–Crippen MR) is 69.8 cm³/mol. The Bertz CT molecular complexity index is 374. The highest BCUT2D eigenvalue weighted by molar-refractivity contribution is 5.74. The number of nitrogens with zero attached hydrogens (tertiary/aromatic N) is 1. The zero-order valence-corrected chi connectivity index (χ0v) is 11.9. The molecule has 122 valence electrons. The summed E-state index contributed by atoms with van der Waals surface area (Å²) < 4.78 is 38.0. The second kappa shape index (κ2) is 7.51. The van der Waals surface area contributed by atoms with Crippen molar-refractivity contribution in [3.63, 3.8) is 0 Å². The van der Waals surface area contributed by atoms with E-state index in [0.29, 0.717) is 12.8 Å². The van der Waals surface area contributed by atoms with Crippen LogP contribution >= 0.6 is 0 Å². The number of hydrogen-bond acceptors (Lipinski definition) is 2. The molecule has 0 aromatic carbocycles. The smallest absolute Gasteiger partial charge is 0.391 e. The number of carboxylic acids is 1. The highest BCUT2D eigenvalue weighted by atomic mass is 19.4. The maximum absolute atomic E-state index is 12.7. The molecule has 1 aliphatic carbocycles.